The molecule has 1 aromatic carbocycles. The molecule has 9 heteroatoms. The molecule has 0 aliphatic rings. The number of carboxylic acid groups (broad SMARTS) is 1. The highest BCUT2D eigenvalue weighted by Gasteiger charge is 2.26. The van der Waals surface area contributed by atoms with Gasteiger partial charge in [-0.2, -0.15) is 9.37 Å². The molecule has 0 amide bonds. The molecule has 0 saturated carbocycles. The molecular weight excluding hydrogens is 422 g/mol. The van der Waals surface area contributed by atoms with Crippen molar-refractivity contribution in [2.24, 2.45) is 5.92 Å². The number of benzene rings is 1. The van der Waals surface area contributed by atoms with Gasteiger partial charge in [0.25, 0.3) is 0 Å². The van der Waals surface area contributed by atoms with Crippen molar-refractivity contribution in [3.63, 3.8) is 0 Å². The number of carboxylic acids is 1. The van der Waals surface area contributed by atoms with E-state index < -0.39 is 23.0 Å². The molecule has 1 atom stereocenters. The van der Waals surface area contributed by atoms with Crippen molar-refractivity contribution < 1.29 is 24.1 Å². The fourth-order valence-corrected chi connectivity index (χ4v) is 2.97. The van der Waals surface area contributed by atoms with E-state index >= 15 is 0 Å². The number of pyridine rings is 1. The molecule has 6 nitrogen and oxygen atoms in total. The van der Waals surface area contributed by atoms with Crippen molar-refractivity contribution in [3.8, 4) is 17.2 Å². The second kappa shape index (κ2) is 9.98. The Morgan fingerprint density at radius 2 is 1.83 bits per heavy atom. The van der Waals surface area contributed by atoms with Gasteiger partial charge in [-0.1, -0.05) is 58.3 Å². The van der Waals surface area contributed by atoms with Gasteiger partial charge in [0.15, 0.2) is 11.6 Å². The maximum Gasteiger partial charge on any atom is 0.326 e. The van der Waals surface area contributed by atoms with Gasteiger partial charge in [-0.25, -0.2) is 4.79 Å². The van der Waals surface area contributed by atoms with E-state index in [0.717, 1.165) is 0 Å². The Morgan fingerprint density at radius 3 is 2.34 bits per heavy atom. The summed E-state index contributed by atoms with van der Waals surface area (Å²) in [5, 5.41) is 21.3. The minimum atomic E-state index is -1.13. The fraction of sp³-hybridized carbons (Fsp3) is 0.400. The lowest BCUT2D eigenvalue weighted by atomic mass is 10.0. The maximum absolute atomic E-state index is 14.2. The molecular formula is C20H25Cl2FN2O4. The van der Waals surface area contributed by atoms with Crippen LogP contribution in [0.2, 0.25) is 10.0 Å². The summed E-state index contributed by atoms with van der Waals surface area (Å²) < 4.78 is 19.9. The zero-order chi connectivity index (χ0) is 21.2. The van der Waals surface area contributed by atoms with Crippen LogP contribution in [0.4, 0.5) is 10.2 Å². The first-order valence-electron chi connectivity index (χ1n) is 8.57. The number of hydrogen-bond acceptors (Lipinski definition) is 5. The first-order valence-corrected chi connectivity index (χ1v) is 9.33. The SMILES string of the molecule is C.CC(C)c1cc(Oc2c(Cl)c(F)nc(N[C@H](C(=O)O)C(C)C)c2Cl)ccc1O. The van der Waals surface area contributed by atoms with Crippen LogP contribution in [-0.4, -0.2) is 27.2 Å². The van der Waals surface area contributed by atoms with E-state index in [2.05, 4.69) is 10.3 Å². The van der Waals surface area contributed by atoms with Crippen molar-refractivity contribution >= 4 is 35.0 Å². The predicted octanol–water partition coefficient (Wildman–Crippen LogP) is 6.31. The second-order valence-electron chi connectivity index (χ2n) is 6.89. The molecule has 0 saturated heterocycles. The van der Waals surface area contributed by atoms with Crippen molar-refractivity contribution in [2.75, 3.05) is 5.32 Å². The number of hydrogen-bond donors (Lipinski definition) is 3. The number of nitrogens with zero attached hydrogens (tertiary/aromatic N) is 1. The number of phenols is 1. The van der Waals surface area contributed by atoms with Crippen LogP contribution >= 0.6 is 23.2 Å². The monoisotopic (exact) mass is 446 g/mol. The number of rotatable bonds is 7. The topological polar surface area (TPSA) is 91.7 Å². The van der Waals surface area contributed by atoms with Gasteiger partial charge in [0.05, 0.1) is 0 Å². The van der Waals surface area contributed by atoms with Crippen LogP contribution in [0.25, 0.3) is 0 Å². The zero-order valence-corrected chi connectivity index (χ0v) is 17.3. The summed E-state index contributed by atoms with van der Waals surface area (Å²) in [5.41, 5.74) is 0.628. The fourth-order valence-electron chi connectivity index (χ4n) is 2.52. The highest BCUT2D eigenvalue weighted by atomic mass is 35.5. The summed E-state index contributed by atoms with van der Waals surface area (Å²) in [6, 6.07) is 3.47. The number of phenolic OH excluding ortho intramolecular Hbond substituents is 1. The van der Waals surface area contributed by atoms with E-state index in [1.54, 1.807) is 19.9 Å². The largest absolute Gasteiger partial charge is 0.508 e. The lowest BCUT2D eigenvalue weighted by molar-refractivity contribution is -0.138. The third kappa shape index (κ3) is 5.64. The van der Waals surface area contributed by atoms with Gasteiger partial charge < -0.3 is 20.3 Å². The van der Waals surface area contributed by atoms with Gasteiger partial charge >= 0.3 is 5.97 Å². The van der Waals surface area contributed by atoms with Crippen LogP contribution in [0.5, 0.6) is 17.2 Å². The van der Waals surface area contributed by atoms with Gasteiger partial charge in [0, 0.05) is 5.56 Å². The summed E-state index contributed by atoms with van der Waals surface area (Å²) in [5.74, 6) is -2.50. The Balaban J connectivity index is 0.00000420. The molecule has 0 fully saturated rings. The Hall–Kier alpha value is -2.25. The zero-order valence-electron chi connectivity index (χ0n) is 15.8. The average molecular weight is 447 g/mol. The van der Waals surface area contributed by atoms with Crippen LogP contribution in [-0.2, 0) is 4.79 Å². The first kappa shape index (κ1) is 24.8. The van der Waals surface area contributed by atoms with Gasteiger partial charge in [0.1, 0.15) is 27.6 Å². The van der Waals surface area contributed by atoms with E-state index in [1.165, 1.54) is 12.1 Å². The lowest BCUT2D eigenvalue weighted by Gasteiger charge is -2.21. The molecule has 0 spiro atoms. The number of anilines is 1. The summed E-state index contributed by atoms with van der Waals surface area (Å²) in [6.45, 7) is 7.16. The maximum atomic E-state index is 14.2. The third-order valence-corrected chi connectivity index (χ3v) is 4.74. The molecule has 29 heavy (non-hydrogen) atoms. The van der Waals surface area contributed by atoms with E-state index in [-0.39, 0.29) is 47.4 Å². The molecule has 0 unspecified atom stereocenters. The van der Waals surface area contributed by atoms with Crippen LogP contribution < -0.4 is 10.1 Å². The van der Waals surface area contributed by atoms with E-state index in [0.29, 0.717) is 5.56 Å². The van der Waals surface area contributed by atoms with Crippen LogP contribution in [0, 0.1) is 11.9 Å². The van der Waals surface area contributed by atoms with Gasteiger partial charge in [-0.15, -0.1) is 0 Å². The summed E-state index contributed by atoms with van der Waals surface area (Å²) in [6.07, 6.45) is 0. The third-order valence-electron chi connectivity index (χ3n) is 4.06. The van der Waals surface area contributed by atoms with E-state index in [4.69, 9.17) is 27.9 Å². The predicted molar refractivity (Wildman–Crippen MR) is 113 cm³/mol. The minimum Gasteiger partial charge on any atom is -0.508 e. The van der Waals surface area contributed by atoms with Crippen molar-refractivity contribution in [1.82, 2.24) is 4.98 Å². The molecule has 2 rings (SSSR count). The Kier molecular flexibility index (Phi) is 8.53. The molecule has 0 radical (unpaired) electrons. The van der Waals surface area contributed by atoms with Crippen molar-refractivity contribution in [1.29, 1.82) is 0 Å². The molecule has 0 bridgehead atoms. The van der Waals surface area contributed by atoms with E-state index in [9.17, 15) is 19.4 Å². The lowest BCUT2D eigenvalue weighted by Crippen LogP contribution is -2.34. The van der Waals surface area contributed by atoms with Crippen molar-refractivity contribution in [2.45, 2.75) is 47.1 Å². The molecule has 160 valence electrons. The van der Waals surface area contributed by atoms with Crippen LogP contribution in [0.1, 0.15) is 46.6 Å². The molecule has 3 N–H and O–H groups in total. The smallest absolute Gasteiger partial charge is 0.326 e. The number of nitrogens with one attached hydrogen (secondary N) is 1. The standard InChI is InChI=1S/C19H21Cl2FN2O4.CH4/c1-8(2)11-7-10(5-6-12(11)25)28-16-13(20)17(22)24-18(14(16)21)23-15(9(3)4)19(26)27;/h5-9,15,25H,1-4H3,(H,23,24)(H,26,27);1H4/t15-;/m0./s1. The van der Waals surface area contributed by atoms with E-state index in [1.807, 2.05) is 13.8 Å². The molecule has 0 aliphatic carbocycles. The normalized spacial score (nSPS) is 11.9. The van der Waals surface area contributed by atoms with Gasteiger partial charge in [-0.3, -0.25) is 0 Å². The average Bonchev–Trinajstić information content (AvgIpc) is 2.61. The molecule has 2 aromatic rings. The van der Waals surface area contributed by atoms with Gasteiger partial charge in [0.2, 0.25) is 5.95 Å². The minimum absolute atomic E-state index is 0. The molecule has 0 aliphatic heterocycles. The Bertz CT molecular complexity index is 891. The number of carbonyl (C=O) groups is 1. The number of aliphatic carboxylic acids is 1. The highest BCUT2D eigenvalue weighted by Crippen LogP contribution is 2.42. The summed E-state index contributed by atoms with van der Waals surface area (Å²) in [4.78, 5) is 15.0. The van der Waals surface area contributed by atoms with Crippen molar-refractivity contribution in [3.05, 3.63) is 39.8 Å². The second-order valence-corrected chi connectivity index (χ2v) is 7.65. The number of aromatic hydroxyl groups is 1. The first-order chi connectivity index (χ1) is 13.0. The van der Waals surface area contributed by atoms with Crippen LogP contribution in [0.3, 0.4) is 0 Å². The number of aromatic nitrogens is 1. The number of ether oxygens (including phenoxy) is 1. The Morgan fingerprint density at radius 1 is 1.21 bits per heavy atom. The summed E-state index contributed by atoms with van der Waals surface area (Å²) >= 11 is 12.3. The molecule has 1 aromatic heterocycles. The van der Waals surface area contributed by atoms with Crippen LogP contribution in [0.15, 0.2) is 18.2 Å². The summed E-state index contributed by atoms with van der Waals surface area (Å²) in [7, 11) is 0. The van der Waals surface area contributed by atoms with Gasteiger partial charge in [-0.05, 0) is 30.0 Å². The quantitative estimate of drug-likeness (QED) is 0.431. The highest BCUT2D eigenvalue weighted by molar-refractivity contribution is 6.38. The Labute approximate surface area is 179 Å². The number of halogens is 3. The molecule has 1 heterocycles.